The van der Waals surface area contributed by atoms with Crippen LogP contribution in [0.4, 0.5) is 4.79 Å². The first-order valence-corrected chi connectivity index (χ1v) is 14.2. The minimum atomic E-state index is -0.664. The van der Waals surface area contributed by atoms with Crippen LogP contribution in [0.5, 0.6) is 0 Å². The number of carbonyl (C=O) groups excluding carboxylic acids is 3. The maximum atomic E-state index is 13.8. The highest BCUT2D eigenvalue weighted by atomic mass is 16.2. The first-order chi connectivity index (χ1) is 18.5. The van der Waals surface area contributed by atoms with E-state index in [9.17, 15) is 14.4 Å². The average Bonchev–Trinajstić information content (AvgIpc) is 2.98. The Labute approximate surface area is 226 Å². The van der Waals surface area contributed by atoms with Crippen LogP contribution in [0.3, 0.4) is 0 Å². The van der Waals surface area contributed by atoms with E-state index in [2.05, 4.69) is 10.2 Å². The second kappa shape index (κ2) is 11.6. The van der Waals surface area contributed by atoms with E-state index in [0.29, 0.717) is 45.4 Å². The SMILES string of the molecule is CC(NC(=O)C1(c2ccccc2)CCN(C(=O)N2CCC(N3CCCCC3=O)CC2)CC1)c1ccccc1. The standard InChI is InChI=1S/C31H40N4O3/c1-24(25-10-4-2-5-11-25)32-29(37)31(26-12-6-3-7-13-26)17-22-34(23-18-31)30(38)33-20-15-27(16-21-33)35-19-9-8-14-28(35)36/h2-7,10-13,24,27H,8-9,14-23H2,1H3,(H,32,37). The molecule has 3 fully saturated rings. The zero-order valence-corrected chi connectivity index (χ0v) is 22.5. The molecule has 1 atom stereocenters. The average molecular weight is 517 g/mol. The molecule has 2 aromatic rings. The van der Waals surface area contributed by atoms with Gasteiger partial charge in [-0.15, -0.1) is 0 Å². The third kappa shape index (κ3) is 5.42. The summed E-state index contributed by atoms with van der Waals surface area (Å²) in [6.45, 7) is 5.34. The molecule has 5 rings (SSSR count). The van der Waals surface area contributed by atoms with Gasteiger partial charge in [0.2, 0.25) is 11.8 Å². The predicted octanol–water partition coefficient (Wildman–Crippen LogP) is 4.49. The van der Waals surface area contributed by atoms with Crippen LogP contribution in [0.1, 0.15) is 69.0 Å². The molecule has 0 bridgehead atoms. The van der Waals surface area contributed by atoms with E-state index in [-0.39, 0.29) is 29.9 Å². The van der Waals surface area contributed by atoms with E-state index >= 15 is 0 Å². The maximum absolute atomic E-state index is 13.8. The Hall–Kier alpha value is -3.35. The topological polar surface area (TPSA) is 73.0 Å². The van der Waals surface area contributed by atoms with Crippen molar-refractivity contribution in [1.29, 1.82) is 0 Å². The van der Waals surface area contributed by atoms with Crippen molar-refractivity contribution in [2.24, 2.45) is 0 Å². The van der Waals surface area contributed by atoms with Gasteiger partial charge in [0.1, 0.15) is 0 Å². The summed E-state index contributed by atoms with van der Waals surface area (Å²) in [4.78, 5) is 45.5. The van der Waals surface area contributed by atoms with Gasteiger partial charge in [-0.3, -0.25) is 9.59 Å². The van der Waals surface area contributed by atoms with Crippen molar-refractivity contribution in [1.82, 2.24) is 20.0 Å². The fraction of sp³-hybridized carbons (Fsp3) is 0.516. The molecule has 3 heterocycles. The smallest absolute Gasteiger partial charge is 0.320 e. The van der Waals surface area contributed by atoms with Crippen molar-refractivity contribution in [2.75, 3.05) is 32.7 Å². The van der Waals surface area contributed by atoms with Crippen molar-refractivity contribution in [3.05, 3.63) is 71.8 Å². The number of urea groups is 1. The lowest BCUT2D eigenvalue weighted by Crippen LogP contribution is -2.57. The van der Waals surface area contributed by atoms with Crippen LogP contribution in [0, 0.1) is 0 Å². The van der Waals surface area contributed by atoms with Crippen molar-refractivity contribution in [3.63, 3.8) is 0 Å². The monoisotopic (exact) mass is 516 g/mol. The van der Waals surface area contributed by atoms with E-state index in [0.717, 1.165) is 43.4 Å². The molecule has 0 aromatic heterocycles. The highest BCUT2D eigenvalue weighted by molar-refractivity contribution is 5.89. The molecule has 3 aliphatic rings. The van der Waals surface area contributed by atoms with Crippen molar-refractivity contribution in [3.8, 4) is 0 Å². The molecular formula is C31H40N4O3. The number of likely N-dealkylation sites (tertiary alicyclic amines) is 3. The molecule has 4 amide bonds. The highest BCUT2D eigenvalue weighted by Gasteiger charge is 2.45. The summed E-state index contributed by atoms with van der Waals surface area (Å²) in [5, 5.41) is 3.27. The van der Waals surface area contributed by atoms with E-state index in [1.165, 1.54) is 0 Å². The van der Waals surface area contributed by atoms with Crippen molar-refractivity contribution < 1.29 is 14.4 Å². The third-order valence-electron chi connectivity index (χ3n) is 8.83. The number of piperidine rings is 3. The molecule has 2 aromatic carbocycles. The molecule has 1 unspecified atom stereocenters. The number of benzene rings is 2. The van der Waals surface area contributed by atoms with Gasteiger partial charge in [-0.1, -0.05) is 60.7 Å². The van der Waals surface area contributed by atoms with Crippen LogP contribution < -0.4 is 5.32 Å². The van der Waals surface area contributed by atoms with E-state index < -0.39 is 5.41 Å². The van der Waals surface area contributed by atoms with Crippen LogP contribution >= 0.6 is 0 Å². The molecular weight excluding hydrogens is 476 g/mol. The molecule has 7 nitrogen and oxygen atoms in total. The Bertz CT molecular complexity index is 1110. The molecule has 7 heteroatoms. The maximum Gasteiger partial charge on any atom is 0.320 e. The number of rotatable bonds is 5. The zero-order chi connectivity index (χ0) is 26.5. The number of hydrogen-bond acceptors (Lipinski definition) is 3. The lowest BCUT2D eigenvalue weighted by molar-refractivity contribution is -0.136. The van der Waals surface area contributed by atoms with Crippen LogP contribution in [0.25, 0.3) is 0 Å². The number of nitrogens with one attached hydrogen (secondary N) is 1. The molecule has 0 radical (unpaired) electrons. The second-order valence-corrected chi connectivity index (χ2v) is 11.1. The minimum Gasteiger partial charge on any atom is -0.349 e. The first kappa shape index (κ1) is 26.3. The molecule has 3 saturated heterocycles. The number of hydrogen-bond donors (Lipinski definition) is 1. The largest absolute Gasteiger partial charge is 0.349 e. The van der Waals surface area contributed by atoms with Gasteiger partial charge in [-0.25, -0.2) is 4.79 Å². The summed E-state index contributed by atoms with van der Waals surface area (Å²) in [6, 6.07) is 20.3. The van der Waals surface area contributed by atoms with Crippen molar-refractivity contribution in [2.45, 2.75) is 69.4 Å². The summed E-state index contributed by atoms with van der Waals surface area (Å²) in [5.74, 6) is 0.299. The molecule has 38 heavy (non-hydrogen) atoms. The first-order valence-electron chi connectivity index (χ1n) is 14.2. The Balaban J connectivity index is 1.22. The number of nitrogens with zero attached hydrogens (tertiary/aromatic N) is 3. The molecule has 0 saturated carbocycles. The molecule has 1 N–H and O–H groups in total. The van der Waals surface area contributed by atoms with Gasteiger partial charge in [-0.05, 0) is 56.6 Å². The summed E-state index contributed by atoms with van der Waals surface area (Å²) in [6.07, 6.45) is 5.62. The van der Waals surface area contributed by atoms with Gasteiger partial charge in [0, 0.05) is 45.2 Å². The lowest BCUT2D eigenvalue weighted by atomic mass is 9.71. The van der Waals surface area contributed by atoms with Crippen LogP contribution in [0.2, 0.25) is 0 Å². The van der Waals surface area contributed by atoms with Gasteiger partial charge in [0.25, 0.3) is 0 Å². The van der Waals surface area contributed by atoms with Gasteiger partial charge in [-0.2, -0.15) is 0 Å². The summed E-state index contributed by atoms with van der Waals surface area (Å²) in [5.41, 5.74) is 1.42. The van der Waals surface area contributed by atoms with E-state index in [1.807, 2.05) is 77.4 Å². The number of carbonyl (C=O) groups is 3. The molecule has 0 spiro atoms. The Kier molecular flexibility index (Phi) is 8.01. The van der Waals surface area contributed by atoms with Crippen molar-refractivity contribution >= 4 is 17.8 Å². The Morgan fingerprint density at radius 1 is 0.842 bits per heavy atom. The minimum absolute atomic E-state index is 0.0270. The van der Waals surface area contributed by atoms with Crippen LogP contribution in [0.15, 0.2) is 60.7 Å². The second-order valence-electron chi connectivity index (χ2n) is 11.1. The fourth-order valence-corrected chi connectivity index (χ4v) is 6.43. The van der Waals surface area contributed by atoms with Gasteiger partial charge in [0.15, 0.2) is 0 Å². The van der Waals surface area contributed by atoms with Crippen LogP contribution in [-0.2, 0) is 15.0 Å². The zero-order valence-electron chi connectivity index (χ0n) is 22.5. The van der Waals surface area contributed by atoms with E-state index in [4.69, 9.17) is 0 Å². The van der Waals surface area contributed by atoms with Gasteiger partial charge in [0.05, 0.1) is 11.5 Å². The highest BCUT2D eigenvalue weighted by Crippen LogP contribution is 2.37. The summed E-state index contributed by atoms with van der Waals surface area (Å²) in [7, 11) is 0. The summed E-state index contributed by atoms with van der Waals surface area (Å²) >= 11 is 0. The van der Waals surface area contributed by atoms with Gasteiger partial charge >= 0.3 is 6.03 Å². The molecule has 202 valence electrons. The normalized spacial score (nSPS) is 21.2. The van der Waals surface area contributed by atoms with Gasteiger partial charge < -0.3 is 20.0 Å². The molecule has 0 aliphatic carbocycles. The summed E-state index contributed by atoms with van der Waals surface area (Å²) < 4.78 is 0. The number of amides is 4. The Morgan fingerprint density at radius 2 is 1.45 bits per heavy atom. The predicted molar refractivity (Wildman–Crippen MR) is 147 cm³/mol. The fourth-order valence-electron chi connectivity index (χ4n) is 6.43. The van der Waals surface area contributed by atoms with Crippen LogP contribution in [-0.4, -0.2) is 71.3 Å². The lowest BCUT2D eigenvalue weighted by Gasteiger charge is -2.44. The Morgan fingerprint density at radius 3 is 2.08 bits per heavy atom. The quantitative estimate of drug-likeness (QED) is 0.636. The molecule has 3 aliphatic heterocycles. The van der Waals surface area contributed by atoms with E-state index in [1.54, 1.807) is 0 Å². The third-order valence-corrected chi connectivity index (χ3v) is 8.83.